The minimum Gasteiger partial charge on any atom is -0.317 e. The topological polar surface area (TPSA) is 22.2 Å². The smallest absolute Gasteiger partial charge is 0.218 e. The third-order valence-electron chi connectivity index (χ3n) is 1.35. The van der Waals surface area contributed by atoms with Crippen LogP contribution < -0.4 is 0 Å². The zero-order chi connectivity index (χ0) is 8.10. The normalized spacial score (nSPS) is 9.00. The predicted octanol–water partition coefficient (Wildman–Crippen LogP) is 1.45. The minimum absolute atomic E-state index is 0.531. The predicted molar refractivity (Wildman–Crippen MR) is 43.8 cm³/mol. The maximum Gasteiger partial charge on any atom is 0.218 e. The van der Waals surface area contributed by atoms with Crippen molar-refractivity contribution in [2.75, 3.05) is 6.54 Å². The number of hydrogen-bond acceptors (Lipinski definition) is 1. The lowest BCUT2D eigenvalue weighted by molar-refractivity contribution is 0.936. The van der Waals surface area contributed by atoms with Gasteiger partial charge in [0.25, 0.3) is 0 Å². The first-order valence-electron chi connectivity index (χ1n) is 3.35. The van der Waals surface area contributed by atoms with Crippen molar-refractivity contribution in [3.63, 3.8) is 0 Å². The first-order chi connectivity index (χ1) is 5.36. The Morgan fingerprint density at radius 2 is 2.64 bits per heavy atom. The van der Waals surface area contributed by atoms with E-state index in [9.17, 15) is 0 Å². The van der Waals surface area contributed by atoms with E-state index in [0.717, 1.165) is 12.0 Å². The Bertz CT molecular complexity index is 280. The number of nitrogens with zero attached hydrogens (tertiary/aromatic N) is 3. The molecular weight excluding hydrogens is 138 g/mol. The fourth-order valence-electron chi connectivity index (χ4n) is 0.791. The molecule has 0 aliphatic carbocycles. The third kappa shape index (κ3) is 1.94. The molecule has 0 saturated carbocycles. The summed E-state index contributed by atoms with van der Waals surface area (Å²) >= 11 is 0. The molecule has 0 spiro atoms. The molecule has 0 radical (unpaired) electrons. The Balaban J connectivity index is 2.59. The van der Waals surface area contributed by atoms with Gasteiger partial charge in [0, 0.05) is 18.8 Å². The molecule has 1 aromatic heterocycles. The van der Waals surface area contributed by atoms with Crippen molar-refractivity contribution in [2.45, 2.75) is 6.42 Å². The monoisotopic (exact) mass is 147 g/mol. The molecule has 0 aliphatic heterocycles. The first-order valence-corrected chi connectivity index (χ1v) is 3.35. The van der Waals surface area contributed by atoms with Crippen molar-refractivity contribution in [1.29, 1.82) is 0 Å². The van der Waals surface area contributed by atoms with Gasteiger partial charge < -0.3 is 4.85 Å². The molecule has 1 aromatic rings. The second-order valence-electron chi connectivity index (χ2n) is 2.14. The van der Waals surface area contributed by atoms with Crippen LogP contribution >= 0.6 is 0 Å². The van der Waals surface area contributed by atoms with Crippen LogP contribution in [0.3, 0.4) is 0 Å². The second-order valence-corrected chi connectivity index (χ2v) is 2.14. The van der Waals surface area contributed by atoms with Crippen LogP contribution in [0.25, 0.3) is 11.0 Å². The molecule has 1 heterocycles. The quantitative estimate of drug-likeness (QED) is 0.593. The zero-order valence-corrected chi connectivity index (χ0v) is 6.20. The Hall–Kier alpha value is -1.56. The van der Waals surface area contributed by atoms with Gasteiger partial charge >= 0.3 is 0 Å². The van der Waals surface area contributed by atoms with Crippen LogP contribution in [0.4, 0.5) is 0 Å². The summed E-state index contributed by atoms with van der Waals surface area (Å²) in [4.78, 5) is 3.25. The Morgan fingerprint density at radius 1 is 1.82 bits per heavy atom. The van der Waals surface area contributed by atoms with Crippen molar-refractivity contribution >= 4 is 6.20 Å². The summed E-state index contributed by atoms with van der Waals surface area (Å²) in [6, 6.07) is 0. The Kier molecular flexibility index (Phi) is 2.45. The number of rotatable bonds is 3. The first kappa shape index (κ1) is 7.55. The van der Waals surface area contributed by atoms with Gasteiger partial charge in [0.15, 0.2) is 0 Å². The molecule has 3 nitrogen and oxygen atoms in total. The summed E-state index contributed by atoms with van der Waals surface area (Å²) in [7, 11) is 0. The molecule has 0 N–H and O–H groups in total. The SMILES string of the molecule is [C-]#[N+]CCc1cnn(C=C)c1. The molecule has 0 unspecified atom stereocenters. The van der Waals surface area contributed by atoms with Crippen LogP contribution in [-0.2, 0) is 6.42 Å². The van der Waals surface area contributed by atoms with E-state index in [1.807, 2.05) is 6.20 Å². The highest BCUT2D eigenvalue weighted by atomic mass is 15.2. The summed E-state index contributed by atoms with van der Waals surface area (Å²) in [5.41, 5.74) is 1.08. The van der Waals surface area contributed by atoms with E-state index >= 15 is 0 Å². The molecule has 0 bridgehead atoms. The Morgan fingerprint density at radius 3 is 3.18 bits per heavy atom. The molecule has 1 rings (SSSR count). The second kappa shape index (κ2) is 3.57. The molecule has 0 aromatic carbocycles. The fourth-order valence-corrected chi connectivity index (χ4v) is 0.791. The minimum atomic E-state index is 0.531. The van der Waals surface area contributed by atoms with Crippen LogP contribution in [0.1, 0.15) is 5.56 Å². The maximum atomic E-state index is 6.58. The van der Waals surface area contributed by atoms with Crippen LogP contribution in [0.15, 0.2) is 19.0 Å². The van der Waals surface area contributed by atoms with E-state index < -0.39 is 0 Å². The van der Waals surface area contributed by atoms with Gasteiger partial charge in [-0.2, -0.15) is 5.10 Å². The van der Waals surface area contributed by atoms with Crippen molar-refractivity contribution in [1.82, 2.24) is 9.78 Å². The van der Waals surface area contributed by atoms with E-state index in [1.54, 1.807) is 17.1 Å². The highest BCUT2D eigenvalue weighted by molar-refractivity contribution is 5.17. The molecule has 0 saturated heterocycles. The highest BCUT2D eigenvalue weighted by Gasteiger charge is 1.96. The van der Waals surface area contributed by atoms with Crippen molar-refractivity contribution in [3.8, 4) is 0 Å². The molecule has 11 heavy (non-hydrogen) atoms. The molecule has 56 valence electrons. The largest absolute Gasteiger partial charge is 0.317 e. The van der Waals surface area contributed by atoms with Gasteiger partial charge in [-0.15, -0.1) is 0 Å². The van der Waals surface area contributed by atoms with Crippen molar-refractivity contribution in [3.05, 3.63) is 36.0 Å². The summed E-state index contributed by atoms with van der Waals surface area (Å²) in [5, 5.41) is 3.98. The van der Waals surface area contributed by atoms with Crippen molar-refractivity contribution < 1.29 is 0 Å². The van der Waals surface area contributed by atoms with Gasteiger partial charge in [-0.05, 0) is 5.56 Å². The van der Waals surface area contributed by atoms with Crippen LogP contribution in [0.2, 0.25) is 0 Å². The molecular formula is C8H9N3. The van der Waals surface area contributed by atoms with Gasteiger partial charge in [-0.1, -0.05) is 6.58 Å². The van der Waals surface area contributed by atoms with E-state index in [0.29, 0.717) is 6.54 Å². The molecule has 3 heteroatoms. The zero-order valence-electron chi connectivity index (χ0n) is 6.20. The maximum absolute atomic E-state index is 6.58. The number of aromatic nitrogens is 2. The fraction of sp³-hybridized carbons (Fsp3) is 0.250. The van der Waals surface area contributed by atoms with Gasteiger partial charge in [0.05, 0.1) is 6.20 Å². The number of hydrogen-bond donors (Lipinski definition) is 0. The summed E-state index contributed by atoms with van der Waals surface area (Å²) in [6.07, 6.45) is 6.03. The van der Waals surface area contributed by atoms with E-state index in [2.05, 4.69) is 16.5 Å². The average Bonchev–Trinajstić information content (AvgIpc) is 2.48. The summed E-state index contributed by atoms with van der Waals surface area (Å²) < 4.78 is 1.64. The summed E-state index contributed by atoms with van der Waals surface area (Å²) in [5.74, 6) is 0. The van der Waals surface area contributed by atoms with Gasteiger partial charge in [0.2, 0.25) is 6.54 Å². The van der Waals surface area contributed by atoms with Crippen LogP contribution in [0.5, 0.6) is 0 Å². The lowest BCUT2D eigenvalue weighted by Gasteiger charge is -1.85. The van der Waals surface area contributed by atoms with Crippen LogP contribution in [-0.4, -0.2) is 16.3 Å². The third-order valence-corrected chi connectivity index (χ3v) is 1.35. The molecule has 0 amide bonds. The van der Waals surface area contributed by atoms with Gasteiger partial charge in [-0.3, -0.25) is 0 Å². The lowest BCUT2D eigenvalue weighted by atomic mass is 10.3. The van der Waals surface area contributed by atoms with Gasteiger partial charge in [0.1, 0.15) is 0 Å². The summed E-state index contributed by atoms with van der Waals surface area (Å²) in [6.45, 7) is 10.7. The van der Waals surface area contributed by atoms with Crippen LogP contribution in [0, 0.1) is 6.57 Å². The van der Waals surface area contributed by atoms with Crippen molar-refractivity contribution in [2.24, 2.45) is 0 Å². The Labute approximate surface area is 65.8 Å². The molecule has 0 atom stereocenters. The molecule has 0 aliphatic rings. The highest BCUT2D eigenvalue weighted by Crippen LogP contribution is 1.98. The van der Waals surface area contributed by atoms with E-state index in [1.165, 1.54) is 0 Å². The standard InChI is InChI=1S/C8H9N3/c1-3-11-7-8(6-10-11)4-5-9-2/h3,6-7H,1,4-5H2. The molecule has 0 fully saturated rings. The van der Waals surface area contributed by atoms with E-state index in [4.69, 9.17) is 6.57 Å². The van der Waals surface area contributed by atoms with E-state index in [-0.39, 0.29) is 0 Å². The lowest BCUT2D eigenvalue weighted by Crippen LogP contribution is -1.84. The van der Waals surface area contributed by atoms with Gasteiger partial charge in [-0.25, -0.2) is 11.3 Å². The average molecular weight is 147 g/mol.